The summed E-state index contributed by atoms with van der Waals surface area (Å²) in [5, 5.41) is 6.46. The molecule has 2 unspecified atom stereocenters. The standard InChI is InChI=1S/C7H12N4O2/c1-2-13-7(12)6-3-5(4-9-6)10-11-8/h5-6,9H,2-4H2,1H3. The molecule has 0 amide bonds. The van der Waals surface area contributed by atoms with Crippen molar-refractivity contribution in [1.82, 2.24) is 5.32 Å². The lowest BCUT2D eigenvalue weighted by Gasteiger charge is -2.07. The van der Waals surface area contributed by atoms with Crippen molar-refractivity contribution in [1.29, 1.82) is 0 Å². The summed E-state index contributed by atoms with van der Waals surface area (Å²) in [6.07, 6.45) is 0.531. The highest BCUT2D eigenvalue weighted by Crippen LogP contribution is 2.11. The van der Waals surface area contributed by atoms with E-state index in [1.165, 1.54) is 0 Å². The van der Waals surface area contributed by atoms with Crippen molar-refractivity contribution in [3.8, 4) is 0 Å². The Bertz CT molecular complexity index is 237. The van der Waals surface area contributed by atoms with E-state index in [2.05, 4.69) is 15.3 Å². The van der Waals surface area contributed by atoms with Crippen LogP contribution in [0.25, 0.3) is 10.4 Å². The molecule has 0 aromatic rings. The summed E-state index contributed by atoms with van der Waals surface area (Å²) in [5.74, 6) is -0.266. The van der Waals surface area contributed by atoms with Crippen LogP contribution in [0.1, 0.15) is 13.3 Å². The van der Waals surface area contributed by atoms with Crippen LogP contribution in [0.2, 0.25) is 0 Å². The Labute approximate surface area is 75.9 Å². The van der Waals surface area contributed by atoms with Crippen LogP contribution in [0, 0.1) is 0 Å². The summed E-state index contributed by atoms with van der Waals surface area (Å²) in [7, 11) is 0. The van der Waals surface area contributed by atoms with Gasteiger partial charge in [0.25, 0.3) is 0 Å². The van der Waals surface area contributed by atoms with Crippen molar-refractivity contribution in [3.63, 3.8) is 0 Å². The second-order valence-electron chi connectivity index (χ2n) is 2.81. The number of ether oxygens (including phenoxy) is 1. The van der Waals surface area contributed by atoms with Gasteiger partial charge in [-0.1, -0.05) is 5.11 Å². The maximum Gasteiger partial charge on any atom is 0.323 e. The molecular weight excluding hydrogens is 172 g/mol. The molecule has 6 nitrogen and oxygen atoms in total. The van der Waals surface area contributed by atoms with Gasteiger partial charge >= 0.3 is 5.97 Å². The zero-order chi connectivity index (χ0) is 9.68. The topological polar surface area (TPSA) is 87.1 Å². The van der Waals surface area contributed by atoms with Gasteiger partial charge in [-0.15, -0.1) is 0 Å². The molecule has 0 aromatic carbocycles. The van der Waals surface area contributed by atoms with Gasteiger partial charge in [0.05, 0.1) is 12.6 Å². The van der Waals surface area contributed by atoms with Gasteiger partial charge < -0.3 is 10.1 Å². The first-order chi connectivity index (χ1) is 6.27. The van der Waals surface area contributed by atoms with E-state index in [9.17, 15) is 4.79 Å². The van der Waals surface area contributed by atoms with Crippen molar-refractivity contribution in [3.05, 3.63) is 10.4 Å². The molecule has 0 aliphatic carbocycles. The zero-order valence-corrected chi connectivity index (χ0v) is 7.43. The van der Waals surface area contributed by atoms with Crippen molar-refractivity contribution >= 4 is 5.97 Å². The Morgan fingerprint density at radius 1 is 1.85 bits per heavy atom. The van der Waals surface area contributed by atoms with Gasteiger partial charge in [0.15, 0.2) is 0 Å². The number of nitrogens with one attached hydrogen (secondary N) is 1. The Balaban J connectivity index is 2.40. The molecule has 1 heterocycles. The van der Waals surface area contributed by atoms with Crippen molar-refractivity contribution < 1.29 is 9.53 Å². The minimum Gasteiger partial charge on any atom is -0.465 e. The number of hydrogen-bond acceptors (Lipinski definition) is 4. The molecule has 2 atom stereocenters. The molecular formula is C7H12N4O2. The number of esters is 1. The highest BCUT2D eigenvalue weighted by Gasteiger charge is 2.29. The Morgan fingerprint density at radius 3 is 3.23 bits per heavy atom. The molecule has 1 aliphatic rings. The molecule has 0 saturated carbocycles. The molecule has 0 aromatic heterocycles. The van der Waals surface area contributed by atoms with Gasteiger partial charge in [-0.25, -0.2) is 0 Å². The van der Waals surface area contributed by atoms with E-state index in [1.54, 1.807) is 6.92 Å². The predicted molar refractivity (Wildman–Crippen MR) is 46.0 cm³/mol. The Kier molecular flexibility index (Phi) is 3.54. The molecule has 0 spiro atoms. The van der Waals surface area contributed by atoms with E-state index < -0.39 is 0 Å². The van der Waals surface area contributed by atoms with Crippen LogP contribution in [0.4, 0.5) is 0 Å². The van der Waals surface area contributed by atoms with Crippen molar-refractivity contribution in [2.24, 2.45) is 5.11 Å². The number of hydrogen-bond donors (Lipinski definition) is 1. The summed E-state index contributed by atoms with van der Waals surface area (Å²) in [6.45, 7) is 2.69. The van der Waals surface area contributed by atoms with E-state index in [0.29, 0.717) is 19.6 Å². The minimum absolute atomic E-state index is 0.126. The second kappa shape index (κ2) is 4.69. The number of nitrogens with zero attached hydrogens (tertiary/aromatic N) is 3. The lowest BCUT2D eigenvalue weighted by molar-refractivity contribution is -0.145. The molecule has 1 saturated heterocycles. The van der Waals surface area contributed by atoms with Crippen molar-refractivity contribution in [2.75, 3.05) is 13.2 Å². The van der Waals surface area contributed by atoms with Crippen molar-refractivity contribution in [2.45, 2.75) is 25.4 Å². The fourth-order valence-corrected chi connectivity index (χ4v) is 1.30. The van der Waals surface area contributed by atoms with Gasteiger partial charge in [0.2, 0.25) is 0 Å². The van der Waals surface area contributed by atoms with Crippen LogP contribution in [0.15, 0.2) is 5.11 Å². The third kappa shape index (κ3) is 2.61. The first kappa shape index (κ1) is 9.83. The van der Waals surface area contributed by atoms with E-state index in [4.69, 9.17) is 10.3 Å². The Morgan fingerprint density at radius 2 is 2.62 bits per heavy atom. The number of carbonyl (C=O) groups excluding carboxylic acids is 1. The van der Waals surface area contributed by atoms with E-state index in [1.807, 2.05) is 0 Å². The average Bonchev–Trinajstić information content (AvgIpc) is 2.54. The Hall–Kier alpha value is -1.26. The lowest BCUT2D eigenvalue weighted by Crippen LogP contribution is -2.32. The molecule has 1 N–H and O–H groups in total. The largest absolute Gasteiger partial charge is 0.465 e. The normalized spacial score (nSPS) is 26.5. The summed E-state index contributed by atoms with van der Waals surface area (Å²) in [4.78, 5) is 13.9. The molecule has 1 rings (SSSR count). The number of rotatable bonds is 3. The quantitative estimate of drug-likeness (QED) is 0.301. The summed E-state index contributed by atoms with van der Waals surface area (Å²) >= 11 is 0. The number of carbonyl (C=O) groups is 1. The molecule has 0 bridgehead atoms. The third-order valence-corrected chi connectivity index (χ3v) is 1.89. The summed E-state index contributed by atoms with van der Waals surface area (Å²) in [6, 6.07) is -0.435. The second-order valence-corrected chi connectivity index (χ2v) is 2.81. The predicted octanol–water partition coefficient (Wildman–Crippen LogP) is 0.590. The summed E-state index contributed by atoms with van der Waals surface area (Å²) in [5.41, 5.74) is 8.17. The van der Waals surface area contributed by atoms with E-state index in [-0.39, 0.29) is 18.1 Å². The first-order valence-electron chi connectivity index (χ1n) is 4.22. The van der Waals surface area contributed by atoms with Crippen LogP contribution in [-0.4, -0.2) is 31.2 Å². The summed E-state index contributed by atoms with van der Waals surface area (Å²) < 4.78 is 4.82. The van der Waals surface area contributed by atoms with Gasteiger partial charge in [-0.05, 0) is 18.9 Å². The zero-order valence-electron chi connectivity index (χ0n) is 7.43. The molecule has 72 valence electrons. The van der Waals surface area contributed by atoms with Gasteiger partial charge in [-0.3, -0.25) is 4.79 Å². The lowest BCUT2D eigenvalue weighted by atomic mass is 10.2. The van der Waals surface area contributed by atoms with Crippen LogP contribution in [-0.2, 0) is 9.53 Å². The highest BCUT2D eigenvalue weighted by atomic mass is 16.5. The monoisotopic (exact) mass is 184 g/mol. The smallest absolute Gasteiger partial charge is 0.323 e. The van der Waals surface area contributed by atoms with Crippen LogP contribution in [0.5, 0.6) is 0 Å². The SMILES string of the molecule is CCOC(=O)C1CC(N=[N+]=[N-])CN1. The van der Waals surface area contributed by atoms with Gasteiger partial charge in [0, 0.05) is 11.5 Å². The van der Waals surface area contributed by atoms with Gasteiger partial charge in [-0.2, -0.15) is 0 Å². The molecule has 1 fully saturated rings. The first-order valence-corrected chi connectivity index (χ1v) is 4.22. The maximum absolute atomic E-state index is 11.2. The van der Waals surface area contributed by atoms with Crippen LogP contribution < -0.4 is 5.32 Å². The fraction of sp³-hybridized carbons (Fsp3) is 0.857. The highest BCUT2D eigenvalue weighted by molar-refractivity contribution is 5.76. The molecule has 1 aliphatic heterocycles. The van der Waals surface area contributed by atoms with Crippen LogP contribution in [0.3, 0.4) is 0 Å². The van der Waals surface area contributed by atoms with E-state index in [0.717, 1.165) is 0 Å². The average molecular weight is 184 g/mol. The molecule has 13 heavy (non-hydrogen) atoms. The third-order valence-electron chi connectivity index (χ3n) is 1.89. The maximum atomic E-state index is 11.2. The number of azide groups is 1. The van der Waals surface area contributed by atoms with Gasteiger partial charge in [0.1, 0.15) is 6.04 Å². The fourth-order valence-electron chi connectivity index (χ4n) is 1.30. The minimum atomic E-state index is -0.310. The van der Waals surface area contributed by atoms with Crippen LogP contribution >= 0.6 is 0 Å². The molecule has 6 heteroatoms. The molecule has 0 radical (unpaired) electrons. The van der Waals surface area contributed by atoms with E-state index >= 15 is 0 Å².